The van der Waals surface area contributed by atoms with E-state index in [9.17, 15) is 0 Å². The third-order valence-electron chi connectivity index (χ3n) is 3.22. The first kappa shape index (κ1) is 16.5. The fraction of sp³-hybridized carbons (Fsp3) is 0.167. The summed E-state index contributed by atoms with van der Waals surface area (Å²) in [6.45, 7) is 5.75. The zero-order valence-corrected chi connectivity index (χ0v) is 13.9. The second-order valence-corrected chi connectivity index (χ2v) is 5.70. The zero-order valence-electron chi connectivity index (χ0n) is 12.3. The quantitative estimate of drug-likeness (QED) is 0.624. The van der Waals surface area contributed by atoms with E-state index in [1.807, 2.05) is 42.5 Å². The average molecular weight is 331 g/mol. The monoisotopic (exact) mass is 330 g/mol. The van der Waals surface area contributed by atoms with Crippen molar-refractivity contribution in [2.45, 2.75) is 13.1 Å². The highest BCUT2D eigenvalue weighted by Crippen LogP contribution is 2.18. The van der Waals surface area contributed by atoms with Gasteiger partial charge in [-0.3, -0.25) is 0 Å². The molecule has 0 radical (unpaired) electrons. The molecule has 0 saturated heterocycles. The van der Waals surface area contributed by atoms with Gasteiger partial charge >= 0.3 is 0 Å². The summed E-state index contributed by atoms with van der Waals surface area (Å²) in [6.07, 6.45) is 1.79. The number of nitrogens with zero attached hydrogens (tertiary/aromatic N) is 1. The van der Waals surface area contributed by atoms with E-state index in [2.05, 4.69) is 28.9 Å². The Morgan fingerprint density at radius 1 is 1.09 bits per heavy atom. The number of halogens is 1. The van der Waals surface area contributed by atoms with Crippen molar-refractivity contribution in [2.75, 3.05) is 6.54 Å². The van der Waals surface area contributed by atoms with Crippen molar-refractivity contribution in [1.29, 1.82) is 0 Å². The zero-order chi connectivity index (χ0) is 15.8. The molecule has 22 heavy (non-hydrogen) atoms. The molecule has 0 aliphatic rings. The van der Waals surface area contributed by atoms with E-state index in [1.54, 1.807) is 6.08 Å². The van der Waals surface area contributed by atoms with E-state index < -0.39 is 0 Å². The Morgan fingerprint density at radius 2 is 1.77 bits per heavy atom. The molecule has 0 heterocycles. The van der Waals surface area contributed by atoms with Crippen molar-refractivity contribution in [1.82, 2.24) is 10.2 Å². The van der Waals surface area contributed by atoms with Gasteiger partial charge in [-0.2, -0.15) is 0 Å². The predicted molar refractivity (Wildman–Crippen MR) is 97.9 cm³/mol. The molecule has 0 amide bonds. The largest absolute Gasteiger partial charge is 0.359 e. The fourth-order valence-electron chi connectivity index (χ4n) is 2.11. The molecule has 0 fully saturated rings. The first-order valence-corrected chi connectivity index (χ1v) is 7.90. The summed E-state index contributed by atoms with van der Waals surface area (Å²) in [5.41, 5.74) is 2.26. The van der Waals surface area contributed by atoms with Gasteiger partial charge < -0.3 is 10.2 Å². The summed E-state index contributed by atoms with van der Waals surface area (Å²) in [7, 11) is 0. The Hall–Kier alpha value is -1.84. The normalized spacial score (nSPS) is 10.0. The van der Waals surface area contributed by atoms with E-state index in [0.717, 1.165) is 17.1 Å². The Kier molecular flexibility index (Phi) is 6.44. The van der Waals surface area contributed by atoms with E-state index >= 15 is 0 Å². The molecule has 0 saturated carbocycles. The maximum Gasteiger partial charge on any atom is 0.169 e. The van der Waals surface area contributed by atoms with Gasteiger partial charge in [0, 0.05) is 24.7 Å². The molecule has 0 aliphatic heterocycles. The van der Waals surface area contributed by atoms with Crippen LogP contribution in [0.1, 0.15) is 11.1 Å². The molecule has 0 aliphatic carbocycles. The van der Waals surface area contributed by atoms with Crippen molar-refractivity contribution < 1.29 is 0 Å². The lowest BCUT2D eigenvalue weighted by molar-refractivity contribution is 0.401. The van der Waals surface area contributed by atoms with Crippen LogP contribution in [0.2, 0.25) is 5.02 Å². The molecule has 0 spiro atoms. The number of hydrogen-bond donors (Lipinski definition) is 1. The Labute approximate surface area is 142 Å². The van der Waals surface area contributed by atoms with E-state index in [1.165, 1.54) is 5.56 Å². The molecule has 0 bridgehead atoms. The van der Waals surface area contributed by atoms with Crippen LogP contribution < -0.4 is 5.32 Å². The average Bonchev–Trinajstić information content (AvgIpc) is 2.55. The Morgan fingerprint density at radius 3 is 2.45 bits per heavy atom. The molecule has 0 aromatic heterocycles. The van der Waals surface area contributed by atoms with Gasteiger partial charge in [-0.15, -0.1) is 6.58 Å². The van der Waals surface area contributed by atoms with Crippen LogP contribution in [0.5, 0.6) is 0 Å². The molecule has 2 nitrogen and oxygen atoms in total. The molecule has 0 atom stereocenters. The predicted octanol–water partition coefficient (Wildman–Crippen LogP) is 4.40. The maximum atomic E-state index is 6.27. The summed E-state index contributed by atoms with van der Waals surface area (Å²) < 4.78 is 0. The summed E-state index contributed by atoms with van der Waals surface area (Å²) in [5.74, 6) is 0. The molecule has 2 rings (SSSR count). The first-order valence-electron chi connectivity index (χ1n) is 7.11. The van der Waals surface area contributed by atoms with Crippen LogP contribution in [-0.4, -0.2) is 16.6 Å². The smallest absolute Gasteiger partial charge is 0.169 e. The van der Waals surface area contributed by atoms with E-state index in [-0.39, 0.29) is 0 Å². The van der Waals surface area contributed by atoms with Crippen LogP contribution in [0.3, 0.4) is 0 Å². The highest BCUT2D eigenvalue weighted by Gasteiger charge is 2.12. The third kappa shape index (κ3) is 4.86. The number of hydrogen-bond acceptors (Lipinski definition) is 1. The van der Waals surface area contributed by atoms with Gasteiger partial charge in [0.15, 0.2) is 5.11 Å². The van der Waals surface area contributed by atoms with Crippen LogP contribution in [0.15, 0.2) is 67.3 Å². The van der Waals surface area contributed by atoms with Crippen LogP contribution >= 0.6 is 23.8 Å². The third-order valence-corrected chi connectivity index (χ3v) is 3.99. The van der Waals surface area contributed by atoms with Gasteiger partial charge in [0.1, 0.15) is 0 Å². The van der Waals surface area contributed by atoms with Gasteiger partial charge in [-0.25, -0.2) is 0 Å². The Bertz CT molecular complexity index is 628. The Balaban J connectivity index is 2.15. The molecule has 0 unspecified atom stereocenters. The van der Waals surface area contributed by atoms with Crippen molar-refractivity contribution in [2.24, 2.45) is 0 Å². The lowest BCUT2D eigenvalue weighted by atomic mass is 10.2. The van der Waals surface area contributed by atoms with Crippen molar-refractivity contribution >= 4 is 28.9 Å². The maximum absolute atomic E-state index is 6.27. The summed E-state index contributed by atoms with van der Waals surface area (Å²) in [5, 5.41) is 4.64. The molecule has 1 N–H and O–H groups in total. The number of thiocarbonyl (C=S) groups is 1. The molecule has 114 valence electrons. The molecule has 2 aromatic carbocycles. The van der Waals surface area contributed by atoms with E-state index in [0.29, 0.717) is 18.2 Å². The van der Waals surface area contributed by atoms with Crippen molar-refractivity contribution in [3.63, 3.8) is 0 Å². The number of nitrogens with one attached hydrogen (secondary N) is 1. The fourth-order valence-corrected chi connectivity index (χ4v) is 2.51. The molecular formula is C18H19ClN2S. The van der Waals surface area contributed by atoms with Crippen LogP contribution in [0, 0.1) is 0 Å². The van der Waals surface area contributed by atoms with Crippen molar-refractivity contribution in [3.8, 4) is 0 Å². The second kappa shape index (κ2) is 8.57. The van der Waals surface area contributed by atoms with Gasteiger partial charge in [-0.1, -0.05) is 66.2 Å². The van der Waals surface area contributed by atoms with Crippen molar-refractivity contribution in [3.05, 3.63) is 83.4 Å². The lowest BCUT2D eigenvalue weighted by Crippen LogP contribution is -2.39. The highest BCUT2D eigenvalue weighted by molar-refractivity contribution is 7.80. The van der Waals surface area contributed by atoms with Gasteiger partial charge in [0.05, 0.1) is 0 Å². The minimum atomic E-state index is 0.645. The van der Waals surface area contributed by atoms with Crippen LogP contribution in [-0.2, 0) is 13.1 Å². The van der Waals surface area contributed by atoms with Gasteiger partial charge in [-0.05, 0) is 29.4 Å². The SMILES string of the molecule is C=CCNC(=S)N(Cc1ccccc1)Cc1ccccc1Cl. The topological polar surface area (TPSA) is 15.3 Å². The van der Waals surface area contributed by atoms with Crippen LogP contribution in [0.4, 0.5) is 0 Å². The molecule has 2 aromatic rings. The second-order valence-electron chi connectivity index (χ2n) is 4.91. The molecular weight excluding hydrogens is 312 g/mol. The van der Waals surface area contributed by atoms with Gasteiger partial charge in [0.2, 0.25) is 0 Å². The minimum absolute atomic E-state index is 0.645. The minimum Gasteiger partial charge on any atom is -0.359 e. The summed E-state index contributed by atoms with van der Waals surface area (Å²) in [6, 6.07) is 18.1. The number of rotatable bonds is 6. The highest BCUT2D eigenvalue weighted by atomic mass is 35.5. The first-order chi connectivity index (χ1) is 10.7. The van der Waals surface area contributed by atoms with Gasteiger partial charge in [0.25, 0.3) is 0 Å². The van der Waals surface area contributed by atoms with E-state index in [4.69, 9.17) is 23.8 Å². The lowest BCUT2D eigenvalue weighted by Gasteiger charge is -2.26. The summed E-state index contributed by atoms with van der Waals surface area (Å²) >= 11 is 11.8. The number of benzene rings is 2. The summed E-state index contributed by atoms with van der Waals surface area (Å²) in [4.78, 5) is 2.11. The molecule has 4 heteroatoms. The van der Waals surface area contributed by atoms with Crippen LogP contribution in [0.25, 0.3) is 0 Å². The standard InChI is InChI=1S/C18H19ClN2S/c1-2-12-20-18(22)21(13-15-8-4-3-5-9-15)14-16-10-6-7-11-17(16)19/h2-11H,1,12-14H2,(H,20,22).